The summed E-state index contributed by atoms with van der Waals surface area (Å²) in [7, 11) is 0. The van der Waals surface area contributed by atoms with Crippen molar-refractivity contribution in [3.05, 3.63) is 28.3 Å². The fourth-order valence-corrected chi connectivity index (χ4v) is 2.33. The summed E-state index contributed by atoms with van der Waals surface area (Å²) in [6.45, 7) is 6.55. The van der Waals surface area contributed by atoms with Crippen molar-refractivity contribution >= 4 is 11.3 Å². The third-order valence-corrected chi connectivity index (χ3v) is 3.63. The smallest absolute Gasteiger partial charge is 0.0777 e. The second-order valence-electron chi connectivity index (χ2n) is 2.71. The average molecular weight is 274 g/mol. The fourth-order valence-electron chi connectivity index (χ4n) is 1.21. The molecule has 73 valence electrons. The molecule has 0 saturated carbocycles. The Balaban J connectivity index is 0. The standard InChI is InChI=1S/C9H14OS.CH3.Y/c1-4-8-6(2)7(3)9(5-10)11-8;;/h10H,4-5H2,1-3H3;1H3;/q;-1;. The Morgan fingerprint density at radius 1 is 1.15 bits per heavy atom. The van der Waals surface area contributed by atoms with E-state index in [1.54, 1.807) is 11.3 Å². The summed E-state index contributed by atoms with van der Waals surface area (Å²) in [6, 6.07) is 0. The number of thiophene rings is 1. The van der Waals surface area contributed by atoms with Gasteiger partial charge in [-0.15, -0.1) is 11.3 Å². The molecule has 0 aliphatic rings. The van der Waals surface area contributed by atoms with Gasteiger partial charge in [0.15, 0.2) is 0 Å². The van der Waals surface area contributed by atoms with Crippen LogP contribution in [0.1, 0.15) is 27.8 Å². The van der Waals surface area contributed by atoms with Gasteiger partial charge in [-0.2, -0.15) is 0 Å². The number of aliphatic hydroxyl groups is 1. The van der Waals surface area contributed by atoms with Gasteiger partial charge in [0, 0.05) is 42.5 Å². The molecule has 1 nitrogen and oxygen atoms in total. The molecule has 1 heterocycles. The van der Waals surface area contributed by atoms with Crippen molar-refractivity contribution in [3.8, 4) is 0 Å². The summed E-state index contributed by atoms with van der Waals surface area (Å²) in [6.07, 6.45) is 1.08. The Bertz CT molecular complexity index is 231. The molecule has 0 fully saturated rings. The van der Waals surface area contributed by atoms with E-state index in [0.717, 1.165) is 11.3 Å². The molecule has 0 aliphatic heterocycles. The van der Waals surface area contributed by atoms with Gasteiger partial charge in [0.1, 0.15) is 0 Å². The summed E-state index contributed by atoms with van der Waals surface area (Å²) in [5, 5.41) is 8.96. The molecular formula is C10H17OSY-. The maximum Gasteiger partial charge on any atom is 0.0777 e. The molecule has 0 amide bonds. The summed E-state index contributed by atoms with van der Waals surface area (Å²) in [5.74, 6) is 0. The van der Waals surface area contributed by atoms with E-state index in [9.17, 15) is 0 Å². The first-order valence-electron chi connectivity index (χ1n) is 3.89. The molecule has 0 unspecified atom stereocenters. The Morgan fingerprint density at radius 3 is 1.85 bits per heavy atom. The number of aryl methyl sites for hydroxylation is 1. The monoisotopic (exact) mass is 274 g/mol. The Morgan fingerprint density at radius 2 is 1.62 bits per heavy atom. The number of rotatable bonds is 2. The molecule has 13 heavy (non-hydrogen) atoms. The van der Waals surface area contributed by atoms with Crippen molar-refractivity contribution in [1.29, 1.82) is 0 Å². The van der Waals surface area contributed by atoms with Crippen LogP contribution >= 0.6 is 11.3 Å². The van der Waals surface area contributed by atoms with Crippen molar-refractivity contribution < 1.29 is 37.8 Å². The average Bonchev–Trinajstić information content (AvgIpc) is 2.30. The normalized spacial score (nSPS) is 8.92. The molecule has 0 aliphatic carbocycles. The zero-order valence-electron chi connectivity index (χ0n) is 8.85. The van der Waals surface area contributed by atoms with Gasteiger partial charge in [-0.05, 0) is 31.4 Å². The van der Waals surface area contributed by atoms with E-state index in [2.05, 4.69) is 20.8 Å². The predicted molar refractivity (Wildman–Crippen MR) is 55.5 cm³/mol. The first kappa shape index (κ1) is 16.2. The van der Waals surface area contributed by atoms with Crippen LogP contribution < -0.4 is 0 Å². The molecule has 0 atom stereocenters. The minimum absolute atomic E-state index is 0. The van der Waals surface area contributed by atoms with Crippen LogP contribution in [0.2, 0.25) is 0 Å². The molecule has 1 rings (SSSR count). The van der Waals surface area contributed by atoms with E-state index in [1.165, 1.54) is 16.0 Å². The topological polar surface area (TPSA) is 20.2 Å². The fraction of sp³-hybridized carbons (Fsp3) is 0.500. The number of hydrogen-bond donors (Lipinski definition) is 1. The van der Waals surface area contributed by atoms with Gasteiger partial charge in [0.05, 0.1) is 6.61 Å². The third-order valence-electron chi connectivity index (χ3n) is 2.11. The maximum absolute atomic E-state index is 8.96. The van der Waals surface area contributed by atoms with Gasteiger partial charge in [-0.1, -0.05) is 6.92 Å². The summed E-state index contributed by atoms with van der Waals surface area (Å²) in [4.78, 5) is 2.53. The largest absolute Gasteiger partial charge is 0.391 e. The van der Waals surface area contributed by atoms with Gasteiger partial charge in [-0.3, -0.25) is 0 Å². The molecule has 3 heteroatoms. The minimum Gasteiger partial charge on any atom is -0.391 e. The van der Waals surface area contributed by atoms with Crippen LogP contribution in [0.15, 0.2) is 0 Å². The Labute approximate surface area is 110 Å². The zero-order chi connectivity index (χ0) is 8.43. The maximum atomic E-state index is 8.96. The molecule has 1 N–H and O–H groups in total. The first-order valence-corrected chi connectivity index (χ1v) is 4.71. The van der Waals surface area contributed by atoms with Crippen LogP contribution in [0, 0.1) is 21.3 Å². The summed E-state index contributed by atoms with van der Waals surface area (Å²) < 4.78 is 0. The summed E-state index contributed by atoms with van der Waals surface area (Å²) >= 11 is 1.74. The molecule has 1 radical (unpaired) electrons. The summed E-state index contributed by atoms with van der Waals surface area (Å²) in [5.41, 5.74) is 2.64. The third kappa shape index (κ3) is 3.43. The second-order valence-corrected chi connectivity index (χ2v) is 3.90. The molecular weight excluding hydrogens is 257 g/mol. The number of hydrogen-bond acceptors (Lipinski definition) is 2. The molecule has 0 bridgehead atoms. The SMILES string of the molecule is CCc1sc(CO)c(C)c1C.[CH3-].[Y]. The molecule has 1 aromatic heterocycles. The quantitative estimate of drug-likeness (QED) is 0.822. The van der Waals surface area contributed by atoms with Gasteiger partial charge in [0.2, 0.25) is 0 Å². The van der Waals surface area contributed by atoms with E-state index in [4.69, 9.17) is 5.11 Å². The van der Waals surface area contributed by atoms with E-state index in [1.807, 2.05) is 0 Å². The van der Waals surface area contributed by atoms with Crippen LogP contribution in [0.4, 0.5) is 0 Å². The molecule has 0 spiro atoms. The van der Waals surface area contributed by atoms with E-state index in [-0.39, 0.29) is 46.7 Å². The second kappa shape index (κ2) is 7.11. The predicted octanol–water partition coefficient (Wildman–Crippen LogP) is 2.87. The molecule has 0 saturated heterocycles. The minimum atomic E-state index is 0. The number of aliphatic hydroxyl groups excluding tert-OH is 1. The van der Waals surface area contributed by atoms with Gasteiger partial charge in [0.25, 0.3) is 0 Å². The Kier molecular flexibility index (Phi) is 8.86. The van der Waals surface area contributed by atoms with Crippen molar-refractivity contribution in [1.82, 2.24) is 0 Å². The van der Waals surface area contributed by atoms with E-state index >= 15 is 0 Å². The van der Waals surface area contributed by atoms with Crippen LogP contribution in [0.3, 0.4) is 0 Å². The van der Waals surface area contributed by atoms with Gasteiger partial charge >= 0.3 is 0 Å². The first-order chi connectivity index (χ1) is 5.20. The van der Waals surface area contributed by atoms with Crippen LogP contribution in [0.5, 0.6) is 0 Å². The zero-order valence-corrected chi connectivity index (χ0v) is 12.5. The Hall–Kier alpha value is 0.764. The van der Waals surface area contributed by atoms with Crippen molar-refractivity contribution in [2.24, 2.45) is 0 Å². The molecule has 0 aromatic carbocycles. The van der Waals surface area contributed by atoms with E-state index < -0.39 is 0 Å². The van der Waals surface area contributed by atoms with Crippen LogP contribution in [-0.4, -0.2) is 5.11 Å². The van der Waals surface area contributed by atoms with Crippen LogP contribution in [0.25, 0.3) is 0 Å². The van der Waals surface area contributed by atoms with E-state index in [0.29, 0.717) is 0 Å². The van der Waals surface area contributed by atoms with Gasteiger partial charge in [-0.25, -0.2) is 0 Å². The molecule has 1 aromatic rings. The van der Waals surface area contributed by atoms with Crippen molar-refractivity contribution in [3.63, 3.8) is 0 Å². The van der Waals surface area contributed by atoms with Gasteiger partial charge < -0.3 is 12.5 Å². The van der Waals surface area contributed by atoms with Crippen molar-refractivity contribution in [2.45, 2.75) is 33.8 Å². The van der Waals surface area contributed by atoms with Crippen LogP contribution in [-0.2, 0) is 45.7 Å². The van der Waals surface area contributed by atoms with Crippen molar-refractivity contribution in [2.75, 3.05) is 0 Å².